The van der Waals surface area contributed by atoms with Crippen molar-refractivity contribution in [3.05, 3.63) is 15.1 Å². The average molecular weight is 375 g/mol. The fraction of sp³-hybridized carbons (Fsp3) is 0.714. The lowest BCUT2D eigenvalue weighted by Crippen LogP contribution is -2.14. The number of nitrogens with zero attached hydrogens (tertiary/aromatic N) is 2. The van der Waals surface area contributed by atoms with Crippen molar-refractivity contribution >= 4 is 28.4 Å². The van der Waals surface area contributed by atoms with E-state index >= 15 is 0 Å². The Balaban J connectivity index is 2.30. The van der Waals surface area contributed by atoms with Crippen molar-refractivity contribution < 1.29 is 4.74 Å². The van der Waals surface area contributed by atoms with Crippen LogP contribution in [0.25, 0.3) is 0 Å². The highest BCUT2D eigenvalue weighted by atomic mass is 127. The smallest absolute Gasteiger partial charge is 0.143 e. The summed E-state index contributed by atoms with van der Waals surface area (Å²) in [6.45, 7) is 5.90. The van der Waals surface area contributed by atoms with Crippen molar-refractivity contribution in [1.82, 2.24) is 9.97 Å². The lowest BCUT2D eigenvalue weighted by atomic mass is 10.1. The second kappa shape index (κ2) is 6.83. The standard InChI is InChI=1S/C14H22IN3O/c1-4-7-16-14-11(15)12(10-5-6-10)17-13(18-14)9(2)8-19-3/h9-10H,4-8H2,1-3H3,(H,16,17,18). The van der Waals surface area contributed by atoms with Gasteiger partial charge in [0.15, 0.2) is 0 Å². The van der Waals surface area contributed by atoms with Gasteiger partial charge < -0.3 is 10.1 Å². The third kappa shape index (κ3) is 3.78. The zero-order chi connectivity index (χ0) is 13.8. The molecule has 4 nitrogen and oxygen atoms in total. The van der Waals surface area contributed by atoms with Crippen LogP contribution in [0.15, 0.2) is 0 Å². The molecular formula is C14H22IN3O. The highest BCUT2D eigenvalue weighted by Crippen LogP contribution is 2.42. The van der Waals surface area contributed by atoms with E-state index in [1.807, 2.05) is 0 Å². The number of anilines is 1. The predicted octanol–water partition coefficient (Wildman–Crippen LogP) is 3.53. The van der Waals surface area contributed by atoms with Crippen molar-refractivity contribution in [2.75, 3.05) is 25.6 Å². The maximum absolute atomic E-state index is 5.22. The van der Waals surface area contributed by atoms with E-state index in [1.54, 1.807) is 7.11 Å². The molecule has 0 amide bonds. The molecule has 1 heterocycles. The first kappa shape index (κ1) is 15.0. The number of aromatic nitrogens is 2. The average Bonchev–Trinajstić information content (AvgIpc) is 3.22. The highest BCUT2D eigenvalue weighted by Gasteiger charge is 2.30. The van der Waals surface area contributed by atoms with E-state index in [9.17, 15) is 0 Å². The van der Waals surface area contributed by atoms with Crippen LogP contribution in [0.2, 0.25) is 0 Å². The van der Waals surface area contributed by atoms with Gasteiger partial charge in [-0.1, -0.05) is 13.8 Å². The molecule has 1 unspecified atom stereocenters. The molecule has 5 heteroatoms. The number of rotatable bonds is 7. The van der Waals surface area contributed by atoms with Gasteiger partial charge in [0.1, 0.15) is 11.6 Å². The minimum Gasteiger partial charge on any atom is -0.384 e. The Labute approximate surface area is 128 Å². The van der Waals surface area contributed by atoms with E-state index < -0.39 is 0 Å². The van der Waals surface area contributed by atoms with Crippen LogP contribution in [0.1, 0.15) is 56.5 Å². The number of hydrogen-bond acceptors (Lipinski definition) is 4. The second-order valence-electron chi connectivity index (χ2n) is 5.19. The number of ether oxygens (including phenoxy) is 1. The summed E-state index contributed by atoms with van der Waals surface area (Å²) in [5.74, 6) is 2.78. The van der Waals surface area contributed by atoms with Gasteiger partial charge in [-0.3, -0.25) is 0 Å². The summed E-state index contributed by atoms with van der Waals surface area (Å²) in [5, 5.41) is 3.42. The minimum absolute atomic E-state index is 0.238. The molecule has 0 saturated heterocycles. The molecule has 1 fully saturated rings. The highest BCUT2D eigenvalue weighted by molar-refractivity contribution is 14.1. The quantitative estimate of drug-likeness (QED) is 0.741. The third-order valence-corrected chi connectivity index (χ3v) is 4.32. The topological polar surface area (TPSA) is 47.0 Å². The van der Waals surface area contributed by atoms with Crippen molar-refractivity contribution in [2.45, 2.75) is 44.9 Å². The number of hydrogen-bond donors (Lipinski definition) is 1. The Morgan fingerprint density at radius 1 is 1.42 bits per heavy atom. The molecule has 1 saturated carbocycles. The van der Waals surface area contributed by atoms with Crippen LogP contribution in [0.5, 0.6) is 0 Å². The number of methoxy groups -OCH3 is 1. The van der Waals surface area contributed by atoms with Gasteiger partial charge in [0.25, 0.3) is 0 Å². The van der Waals surface area contributed by atoms with Gasteiger partial charge in [-0.2, -0.15) is 0 Å². The summed E-state index contributed by atoms with van der Waals surface area (Å²) >= 11 is 2.38. The Morgan fingerprint density at radius 2 is 2.16 bits per heavy atom. The lowest BCUT2D eigenvalue weighted by molar-refractivity contribution is 0.181. The van der Waals surface area contributed by atoms with Gasteiger partial charge in [-0.25, -0.2) is 9.97 Å². The maximum Gasteiger partial charge on any atom is 0.143 e. The Hall–Kier alpha value is -0.430. The van der Waals surface area contributed by atoms with Crippen LogP contribution in [0.3, 0.4) is 0 Å². The zero-order valence-electron chi connectivity index (χ0n) is 11.9. The van der Waals surface area contributed by atoms with Gasteiger partial charge in [0.05, 0.1) is 15.9 Å². The first-order chi connectivity index (χ1) is 9.17. The Kier molecular flexibility index (Phi) is 5.38. The molecule has 0 spiro atoms. The second-order valence-corrected chi connectivity index (χ2v) is 6.27. The summed E-state index contributed by atoms with van der Waals surface area (Å²) in [5.41, 5.74) is 1.23. The van der Waals surface area contributed by atoms with Crippen LogP contribution in [0, 0.1) is 3.57 Å². The summed E-state index contributed by atoms with van der Waals surface area (Å²) in [6, 6.07) is 0. The third-order valence-electron chi connectivity index (χ3n) is 3.26. The Morgan fingerprint density at radius 3 is 2.74 bits per heavy atom. The first-order valence-corrected chi connectivity index (χ1v) is 8.05. The van der Waals surface area contributed by atoms with Crippen molar-refractivity contribution in [3.8, 4) is 0 Å². The minimum atomic E-state index is 0.238. The molecule has 1 aliphatic rings. The molecule has 0 aromatic carbocycles. The Bertz CT molecular complexity index is 435. The van der Waals surface area contributed by atoms with Gasteiger partial charge in [0.2, 0.25) is 0 Å². The molecule has 0 bridgehead atoms. The molecule has 19 heavy (non-hydrogen) atoms. The van der Waals surface area contributed by atoms with Crippen molar-refractivity contribution in [1.29, 1.82) is 0 Å². The monoisotopic (exact) mass is 375 g/mol. The maximum atomic E-state index is 5.22. The normalized spacial score (nSPS) is 16.4. The number of halogens is 1. The van der Waals surface area contributed by atoms with E-state index in [0.717, 1.165) is 24.6 Å². The van der Waals surface area contributed by atoms with E-state index in [2.05, 4.69) is 46.7 Å². The van der Waals surface area contributed by atoms with E-state index in [0.29, 0.717) is 12.5 Å². The molecule has 2 rings (SSSR count). The summed E-state index contributed by atoms with van der Waals surface area (Å²) in [4.78, 5) is 9.47. The van der Waals surface area contributed by atoms with Crippen molar-refractivity contribution in [2.24, 2.45) is 0 Å². The van der Waals surface area contributed by atoms with Crippen LogP contribution in [0.4, 0.5) is 5.82 Å². The van der Waals surface area contributed by atoms with Gasteiger partial charge >= 0.3 is 0 Å². The SMILES string of the molecule is CCCNc1nc(C(C)COC)nc(C2CC2)c1I. The molecule has 106 valence electrons. The summed E-state index contributed by atoms with van der Waals surface area (Å²) in [6.07, 6.45) is 3.62. The molecule has 1 atom stereocenters. The largest absolute Gasteiger partial charge is 0.384 e. The lowest BCUT2D eigenvalue weighted by Gasteiger charge is -2.15. The zero-order valence-corrected chi connectivity index (χ0v) is 14.0. The van der Waals surface area contributed by atoms with Gasteiger partial charge in [0, 0.05) is 25.5 Å². The first-order valence-electron chi connectivity index (χ1n) is 6.97. The molecule has 1 aromatic rings. The van der Waals surface area contributed by atoms with Crippen LogP contribution >= 0.6 is 22.6 Å². The van der Waals surface area contributed by atoms with Gasteiger partial charge in [-0.05, 0) is 41.9 Å². The van der Waals surface area contributed by atoms with E-state index in [1.165, 1.54) is 22.1 Å². The van der Waals surface area contributed by atoms with E-state index in [-0.39, 0.29) is 5.92 Å². The fourth-order valence-corrected chi connectivity index (χ4v) is 2.89. The van der Waals surface area contributed by atoms with Gasteiger partial charge in [-0.15, -0.1) is 0 Å². The van der Waals surface area contributed by atoms with Crippen LogP contribution in [-0.2, 0) is 4.74 Å². The molecule has 0 aliphatic heterocycles. The summed E-state index contributed by atoms with van der Waals surface area (Å²) in [7, 11) is 1.72. The fourth-order valence-electron chi connectivity index (χ4n) is 2.02. The van der Waals surface area contributed by atoms with E-state index in [4.69, 9.17) is 9.72 Å². The number of nitrogens with one attached hydrogen (secondary N) is 1. The molecule has 1 N–H and O–H groups in total. The molecule has 1 aliphatic carbocycles. The van der Waals surface area contributed by atoms with Crippen LogP contribution in [-0.4, -0.2) is 30.2 Å². The predicted molar refractivity (Wildman–Crippen MR) is 85.8 cm³/mol. The molecule has 1 aromatic heterocycles. The molecular weight excluding hydrogens is 353 g/mol. The van der Waals surface area contributed by atoms with Crippen molar-refractivity contribution in [3.63, 3.8) is 0 Å². The van der Waals surface area contributed by atoms with Crippen LogP contribution < -0.4 is 5.32 Å². The summed E-state index contributed by atoms with van der Waals surface area (Å²) < 4.78 is 6.42. The molecule has 0 radical (unpaired) electrons.